The average molecular weight is 436 g/mol. The number of hydrogen-bond acceptors (Lipinski definition) is 4. The van der Waals surface area contributed by atoms with Crippen molar-refractivity contribution in [1.29, 1.82) is 0 Å². The van der Waals surface area contributed by atoms with Crippen LogP contribution in [0.3, 0.4) is 0 Å². The third-order valence-electron chi connectivity index (χ3n) is 5.16. The van der Waals surface area contributed by atoms with Crippen LogP contribution in [0.25, 0.3) is 0 Å². The van der Waals surface area contributed by atoms with Crippen LogP contribution in [0.15, 0.2) is 42.5 Å². The number of nitrogens with zero attached hydrogens (tertiary/aromatic N) is 2. The molecule has 0 unspecified atom stereocenters. The van der Waals surface area contributed by atoms with E-state index in [0.29, 0.717) is 49.7 Å². The number of rotatable bonds is 4. The highest BCUT2D eigenvalue weighted by Crippen LogP contribution is 2.30. The molecule has 0 aromatic heterocycles. The van der Waals surface area contributed by atoms with Crippen LogP contribution in [0.5, 0.6) is 11.5 Å². The summed E-state index contributed by atoms with van der Waals surface area (Å²) in [5, 5.41) is 0. The molecular weight excluding hydrogens is 413 g/mol. The highest BCUT2D eigenvalue weighted by molar-refractivity contribution is 5.96. The maximum atomic E-state index is 12.9. The van der Waals surface area contributed by atoms with Crippen LogP contribution in [0.2, 0.25) is 0 Å². The summed E-state index contributed by atoms with van der Waals surface area (Å²) in [4.78, 5) is 28.9. The monoisotopic (exact) mass is 436 g/mol. The van der Waals surface area contributed by atoms with Crippen molar-refractivity contribution < 1.29 is 32.2 Å². The molecule has 0 atom stereocenters. The molecule has 166 valence electrons. The third kappa shape index (κ3) is 5.10. The number of carbonyl (C=O) groups excluding carboxylic acids is 2. The Morgan fingerprint density at radius 3 is 1.81 bits per heavy atom. The van der Waals surface area contributed by atoms with Crippen molar-refractivity contribution in [2.45, 2.75) is 12.6 Å². The predicted molar refractivity (Wildman–Crippen MR) is 107 cm³/mol. The number of halogens is 3. The number of benzene rings is 2. The van der Waals surface area contributed by atoms with Crippen LogP contribution in [0.4, 0.5) is 13.2 Å². The molecule has 3 rings (SSSR count). The van der Waals surface area contributed by atoms with E-state index in [-0.39, 0.29) is 17.4 Å². The van der Waals surface area contributed by atoms with Gasteiger partial charge in [0.05, 0.1) is 19.8 Å². The fraction of sp³-hybridized carbons (Fsp3) is 0.364. The van der Waals surface area contributed by atoms with Gasteiger partial charge in [0.2, 0.25) is 0 Å². The Hall–Kier alpha value is -3.23. The molecule has 6 nitrogen and oxygen atoms in total. The van der Waals surface area contributed by atoms with Crippen molar-refractivity contribution in [3.63, 3.8) is 0 Å². The van der Waals surface area contributed by atoms with E-state index in [0.717, 1.165) is 12.1 Å². The standard InChI is InChI=1S/C22H23F3N2O4/c1-30-18-9-6-16(14-19(18)31-2)21(29)27-11-3-10-26(12-13-27)20(28)15-4-7-17(8-5-15)22(23,24)25/h4-9,14H,3,10-13H2,1-2H3. The van der Waals surface area contributed by atoms with Crippen molar-refractivity contribution >= 4 is 11.8 Å². The number of ether oxygens (including phenoxy) is 2. The Morgan fingerprint density at radius 1 is 0.774 bits per heavy atom. The average Bonchev–Trinajstić information content (AvgIpc) is 3.03. The van der Waals surface area contributed by atoms with Crippen molar-refractivity contribution in [1.82, 2.24) is 9.80 Å². The number of carbonyl (C=O) groups is 2. The van der Waals surface area contributed by atoms with Gasteiger partial charge in [-0.1, -0.05) is 0 Å². The lowest BCUT2D eigenvalue weighted by molar-refractivity contribution is -0.137. The van der Waals surface area contributed by atoms with Crippen molar-refractivity contribution in [3.8, 4) is 11.5 Å². The molecule has 0 aliphatic carbocycles. The number of hydrogen-bond donors (Lipinski definition) is 0. The van der Waals surface area contributed by atoms with Crippen LogP contribution in [0.1, 0.15) is 32.7 Å². The van der Waals surface area contributed by atoms with Crippen LogP contribution in [-0.2, 0) is 6.18 Å². The minimum Gasteiger partial charge on any atom is -0.493 e. The van der Waals surface area contributed by atoms with Crippen LogP contribution in [0, 0.1) is 0 Å². The molecule has 1 heterocycles. The quantitative estimate of drug-likeness (QED) is 0.733. The molecule has 0 N–H and O–H groups in total. The zero-order chi connectivity index (χ0) is 22.6. The lowest BCUT2D eigenvalue weighted by Crippen LogP contribution is -2.37. The molecule has 1 fully saturated rings. The highest BCUT2D eigenvalue weighted by Gasteiger charge is 2.31. The van der Waals surface area contributed by atoms with Crippen molar-refractivity contribution in [3.05, 3.63) is 59.2 Å². The molecule has 2 aromatic carbocycles. The summed E-state index contributed by atoms with van der Waals surface area (Å²) in [7, 11) is 3.00. The van der Waals surface area contributed by atoms with Gasteiger partial charge in [0, 0.05) is 37.3 Å². The van der Waals surface area contributed by atoms with Crippen molar-refractivity contribution in [2.24, 2.45) is 0 Å². The maximum absolute atomic E-state index is 12.9. The molecule has 1 aliphatic heterocycles. The fourth-order valence-corrected chi connectivity index (χ4v) is 3.46. The van der Waals surface area contributed by atoms with Gasteiger partial charge in [-0.2, -0.15) is 13.2 Å². The first-order valence-electron chi connectivity index (χ1n) is 9.72. The van der Waals surface area contributed by atoms with Gasteiger partial charge >= 0.3 is 6.18 Å². The van der Waals surface area contributed by atoms with E-state index in [1.807, 2.05) is 0 Å². The zero-order valence-electron chi connectivity index (χ0n) is 17.2. The van der Waals surface area contributed by atoms with E-state index in [2.05, 4.69) is 0 Å². The third-order valence-corrected chi connectivity index (χ3v) is 5.16. The topological polar surface area (TPSA) is 59.1 Å². The lowest BCUT2D eigenvalue weighted by Gasteiger charge is -2.23. The molecule has 9 heteroatoms. The summed E-state index contributed by atoms with van der Waals surface area (Å²) < 4.78 is 48.6. The van der Waals surface area contributed by atoms with E-state index in [9.17, 15) is 22.8 Å². The van der Waals surface area contributed by atoms with E-state index in [1.165, 1.54) is 26.4 Å². The Morgan fingerprint density at radius 2 is 1.29 bits per heavy atom. The van der Waals surface area contributed by atoms with Crippen LogP contribution >= 0.6 is 0 Å². The molecule has 0 radical (unpaired) electrons. The molecule has 31 heavy (non-hydrogen) atoms. The largest absolute Gasteiger partial charge is 0.493 e. The first-order chi connectivity index (χ1) is 14.7. The molecule has 0 saturated carbocycles. The van der Waals surface area contributed by atoms with Gasteiger partial charge in [-0.25, -0.2) is 0 Å². The number of alkyl halides is 3. The molecule has 2 amide bonds. The minimum atomic E-state index is -4.45. The van der Waals surface area contributed by atoms with E-state index in [4.69, 9.17) is 9.47 Å². The van der Waals surface area contributed by atoms with Gasteiger partial charge in [-0.3, -0.25) is 9.59 Å². The van der Waals surface area contributed by atoms with Crippen LogP contribution in [-0.4, -0.2) is 62.0 Å². The summed E-state index contributed by atoms with van der Waals surface area (Å²) in [6.07, 6.45) is -3.89. The molecule has 0 spiro atoms. The number of amides is 2. The zero-order valence-corrected chi connectivity index (χ0v) is 17.2. The Balaban J connectivity index is 1.67. The SMILES string of the molecule is COc1ccc(C(=O)N2CCCN(C(=O)c3ccc(C(F)(F)F)cc3)CC2)cc1OC. The summed E-state index contributed by atoms with van der Waals surface area (Å²) >= 11 is 0. The Labute approximate surface area is 178 Å². The molecule has 0 bridgehead atoms. The predicted octanol–water partition coefficient (Wildman–Crippen LogP) is 3.71. The first-order valence-corrected chi connectivity index (χ1v) is 9.72. The molecule has 1 saturated heterocycles. The summed E-state index contributed by atoms with van der Waals surface area (Å²) in [5.74, 6) is 0.421. The van der Waals surface area contributed by atoms with E-state index in [1.54, 1.807) is 28.0 Å². The van der Waals surface area contributed by atoms with Gasteiger partial charge < -0.3 is 19.3 Å². The Kier molecular flexibility index (Phi) is 6.72. The lowest BCUT2D eigenvalue weighted by atomic mass is 10.1. The molecular formula is C22H23F3N2O4. The second kappa shape index (κ2) is 9.28. The van der Waals surface area contributed by atoms with Gasteiger partial charge in [-0.05, 0) is 48.9 Å². The smallest absolute Gasteiger partial charge is 0.416 e. The van der Waals surface area contributed by atoms with Gasteiger partial charge in [-0.15, -0.1) is 0 Å². The minimum absolute atomic E-state index is 0.188. The van der Waals surface area contributed by atoms with Crippen molar-refractivity contribution in [2.75, 3.05) is 40.4 Å². The second-order valence-corrected chi connectivity index (χ2v) is 7.08. The summed E-state index contributed by atoms with van der Waals surface area (Å²) in [5.41, 5.74) is -0.167. The maximum Gasteiger partial charge on any atom is 0.416 e. The molecule has 2 aromatic rings. The van der Waals surface area contributed by atoms with Gasteiger partial charge in [0.25, 0.3) is 11.8 Å². The Bertz CT molecular complexity index is 945. The molecule has 1 aliphatic rings. The van der Waals surface area contributed by atoms with E-state index < -0.39 is 11.7 Å². The summed E-state index contributed by atoms with van der Waals surface area (Å²) in [6, 6.07) is 9.09. The summed E-state index contributed by atoms with van der Waals surface area (Å²) in [6.45, 7) is 1.48. The number of methoxy groups -OCH3 is 2. The first kappa shape index (κ1) is 22.5. The highest BCUT2D eigenvalue weighted by atomic mass is 19.4. The van der Waals surface area contributed by atoms with Crippen LogP contribution < -0.4 is 9.47 Å². The van der Waals surface area contributed by atoms with E-state index >= 15 is 0 Å². The van der Waals surface area contributed by atoms with Gasteiger partial charge in [0.15, 0.2) is 11.5 Å². The normalized spacial score (nSPS) is 14.7. The second-order valence-electron chi connectivity index (χ2n) is 7.08. The fourth-order valence-electron chi connectivity index (χ4n) is 3.46. The van der Waals surface area contributed by atoms with Gasteiger partial charge in [0.1, 0.15) is 0 Å².